The van der Waals surface area contributed by atoms with Gasteiger partial charge < -0.3 is 0 Å². The average Bonchev–Trinajstić information content (AvgIpc) is 2.71. The Morgan fingerprint density at radius 3 is 2.18 bits per heavy atom. The van der Waals surface area contributed by atoms with Crippen LogP contribution in [0.2, 0.25) is 0 Å². The quantitative estimate of drug-likeness (QED) is 0.358. The number of benzene rings is 1. The molecular formula is C15H16N2O4S. The largest absolute Gasteiger partial charge is 0.274 e. The second kappa shape index (κ2) is 6.20. The number of hydrogen-bond donors (Lipinski definition) is 0. The number of imide groups is 1. The van der Waals surface area contributed by atoms with E-state index in [1.807, 2.05) is 0 Å². The van der Waals surface area contributed by atoms with E-state index >= 15 is 0 Å². The fourth-order valence-electron chi connectivity index (χ4n) is 2.02. The van der Waals surface area contributed by atoms with Gasteiger partial charge in [-0.25, -0.2) is 12.7 Å². The van der Waals surface area contributed by atoms with Gasteiger partial charge in [0.15, 0.2) is 0 Å². The molecule has 22 heavy (non-hydrogen) atoms. The molecular weight excluding hydrogens is 304 g/mol. The summed E-state index contributed by atoms with van der Waals surface area (Å²) in [6.07, 6.45) is 1.96. The first-order valence-electron chi connectivity index (χ1n) is 6.70. The van der Waals surface area contributed by atoms with E-state index in [4.69, 9.17) is 0 Å². The summed E-state index contributed by atoms with van der Waals surface area (Å²) in [4.78, 5) is 25.4. The number of carbonyl (C=O) groups excluding carboxylic acids is 2. The third-order valence-corrected chi connectivity index (χ3v) is 4.38. The minimum atomic E-state index is -3.32. The second-order valence-electron chi connectivity index (χ2n) is 4.93. The maximum atomic E-state index is 12.1. The summed E-state index contributed by atoms with van der Waals surface area (Å²) in [7, 11) is -1.95. The molecule has 1 aromatic carbocycles. The molecule has 0 N–H and O–H groups in total. The molecule has 2 rings (SSSR count). The molecule has 0 radical (unpaired) electrons. The van der Waals surface area contributed by atoms with E-state index < -0.39 is 10.0 Å². The first kappa shape index (κ1) is 16.0. The number of fused-ring (bicyclic) bond motifs is 1. The lowest BCUT2D eigenvalue weighted by atomic mass is 10.1. The average molecular weight is 320 g/mol. The molecule has 0 atom stereocenters. The van der Waals surface area contributed by atoms with Crippen molar-refractivity contribution in [1.82, 2.24) is 9.21 Å². The zero-order chi connectivity index (χ0) is 16.3. The lowest BCUT2D eigenvalue weighted by Crippen LogP contribution is -2.30. The Morgan fingerprint density at radius 2 is 1.68 bits per heavy atom. The van der Waals surface area contributed by atoms with Crippen LogP contribution in [0.4, 0.5) is 0 Å². The molecule has 0 fully saturated rings. The van der Waals surface area contributed by atoms with Crippen molar-refractivity contribution in [2.24, 2.45) is 0 Å². The van der Waals surface area contributed by atoms with Gasteiger partial charge in [-0.1, -0.05) is 18.1 Å². The Morgan fingerprint density at radius 1 is 1.14 bits per heavy atom. The standard InChI is InChI=1S/C15H16N2O4S/c1-16(22(2,20)21)10-6-3-7-11-17-14(18)12-8-4-5-9-13(12)15(17)19/h4-5,8-9H,3,7,11H2,1-2H3. The van der Waals surface area contributed by atoms with E-state index in [0.29, 0.717) is 24.0 Å². The molecule has 0 saturated carbocycles. The Kier molecular flexibility index (Phi) is 4.52. The first-order valence-corrected chi connectivity index (χ1v) is 8.55. The summed E-state index contributed by atoms with van der Waals surface area (Å²) < 4.78 is 23.2. The zero-order valence-electron chi connectivity index (χ0n) is 12.4. The van der Waals surface area contributed by atoms with Crippen LogP contribution in [-0.4, -0.2) is 49.3 Å². The van der Waals surface area contributed by atoms with Crippen molar-refractivity contribution in [3.8, 4) is 12.0 Å². The highest BCUT2D eigenvalue weighted by Crippen LogP contribution is 2.22. The van der Waals surface area contributed by atoms with Crippen LogP contribution in [0.3, 0.4) is 0 Å². The van der Waals surface area contributed by atoms with Gasteiger partial charge in [-0.15, -0.1) is 0 Å². The summed E-state index contributed by atoms with van der Waals surface area (Å²) in [5.41, 5.74) is 0.853. The molecule has 1 heterocycles. The number of nitrogens with zero attached hydrogens (tertiary/aromatic N) is 2. The minimum absolute atomic E-state index is 0.267. The van der Waals surface area contributed by atoms with Gasteiger partial charge in [-0.05, 0) is 18.6 Å². The predicted octanol–water partition coefficient (Wildman–Crippen LogP) is 0.915. The lowest BCUT2D eigenvalue weighted by Gasteiger charge is -2.12. The highest BCUT2D eigenvalue weighted by Gasteiger charge is 2.34. The number of carbonyl (C=O) groups is 2. The van der Waals surface area contributed by atoms with Crippen LogP contribution in [0.1, 0.15) is 33.6 Å². The highest BCUT2D eigenvalue weighted by molar-refractivity contribution is 7.88. The van der Waals surface area contributed by atoms with E-state index in [1.54, 1.807) is 24.3 Å². The van der Waals surface area contributed by atoms with Gasteiger partial charge in [0.2, 0.25) is 10.0 Å². The van der Waals surface area contributed by atoms with Gasteiger partial charge in [0, 0.05) is 26.1 Å². The van der Waals surface area contributed by atoms with E-state index in [2.05, 4.69) is 12.0 Å². The smallest absolute Gasteiger partial charge is 0.261 e. The normalized spacial score (nSPS) is 13.6. The van der Waals surface area contributed by atoms with Gasteiger partial charge in [0.25, 0.3) is 11.8 Å². The molecule has 0 spiro atoms. The van der Waals surface area contributed by atoms with Gasteiger partial charge in [-0.3, -0.25) is 14.5 Å². The van der Waals surface area contributed by atoms with Crippen molar-refractivity contribution in [3.05, 3.63) is 35.4 Å². The van der Waals surface area contributed by atoms with Crippen molar-refractivity contribution in [2.75, 3.05) is 19.8 Å². The van der Waals surface area contributed by atoms with Crippen molar-refractivity contribution in [1.29, 1.82) is 0 Å². The molecule has 7 heteroatoms. The van der Waals surface area contributed by atoms with Crippen molar-refractivity contribution in [3.63, 3.8) is 0 Å². The van der Waals surface area contributed by atoms with Crippen LogP contribution in [0, 0.1) is 12.0 Å². The summed E-state index contributed by atoms with van der Waals surface area (Å²) >= 11 is 0. The van der Waals surface area contributed by atoms with Crippen LogP contribution in [0.25, 0.3) is 0 Å². The Balaban J connectivity index is 1.91. The van der Waals surface area contributed by atoms with Crippen molar-refractivity contribution < 1.29 is 18.0 Å². The minimum Gasteiger partial charge on any atom is -0.274 e. The van der Waals surface area contributed by atoms with E-state index in [-0.39, 0.29) is 18.4 Å². The third-order valence-electron chi connectivity index (χ3n) is 3.30. The molecule has 6 nitrogen and oxygen atoms in total. The predicted molar refractivity (Wildman–Crippen MR) is 81.4 cm³/mol. The maximum absolute atomic E-state index is 12.1. The first-order chi connectivity index (χ1) is 10.3. The second-order valence-corrected chi connectivity index (χ2v) is 6.94. The van der Waals surface area contributed by atoms with Gasteiger partial charge in [0.1, 0.15) is 0 Å². The van der Waals surface area contributed by atoms with E-state index in [9.17, 15) is 18.0 Å². The summed E-state index contributed by atoms with van der Waals surface area (Å²) in [6.45, 7) is 0.267. The fourth-order valence-corrected chi connectivity index (χ4v) is 2.25. The number of unbranched alkanes of at least 4 members (excludes halogenated alkanes) is 1. The number of rotatable bonds is 4. The monoisotopic (exact) mass is 320 g/mol. The topological polar surface area (TPSA) is 74.8 Å². The molecule has 1 aliphatic heterocycles. The lowest BCUT2D eigenvalue weighted by molar-refractivity contribution is 0.0653. The molecule has 1 aliphatic rings. The SMILES string of the molecule is CN(C#CCCCN1C(=O)c2ccccc2C1=O)S(C)(=O)=O. The van der Waals surface area contributed by atoms with Gasteiger partial charge >= 0.3 is 0 Å². The fraction of sp³-hybridized carbons (Fsp3) is 0.333. The summed E-state index contributed by atoms with van der Waals surface area (Å²) in [6, 6.07) is 9.21. The molecule has 0 bridgehead atoms. The van der Waals surface area contributed by atoms with Crippen LogP contribution in [0.15, 0.2) is 24.3 Å². The Labute approximate surface area is 129 Å². The molecule has 0 unspecified atom stereocenters. The van der Waals surface area contributed by atoms with Crippen molar-refractivity contribution >= 4 is 21.8 Å². The summed E-state index contributed by atoms with van der Waals surface area (Å²) in [5.74, 6) is 2.13. The number of sulfonamides is 1. The molecule has 1 aromatic rings. The van der Waals surface area contributed by atoms with Crippen molar-refractivity contribution in [2.45, 2.75) is 12.8 Å². The van der Waals surface area contributed by atoms with Crippen LogP contribution in [-0.2, 0) is 10.0 Å². The van der Waals surface area contributed by atoms with Crippen LogP contribution < -0.4 is 0 Å². The van der Waals surface area contributed by atoms with Gasteiger partial charge in [0.05, 0.1) is 17.4 Å². The highest BCUT2D eigenvalue weighted by atomic mass is 32.2. The summed E-state index contributed by atoms with van der Waals surface area (Å²) in [5, 5.41) is 0. The van der Waals surface area contributed by atoms with E-state index in [1.165, 1.54) is 11.9 Å². The van der Waals surface area contributed by atoms with Gasteiger partial charge in [-0.2, -0.15) is 0 Å². The molecule has 2 amide bonds. The molecule has 0 saturated heterocycles. The molecule has 0 aliphatic carbocycles. The number of amides is 2. The van der Waals surface area contributed by atoms with E-state index in [0.717, 1.165) is 10.6 Å². The molecule has 116 valence electrons. The Bertz CT molecular complexity index is 739. The third kappa shape index (κ3) is 3.28. The zero-order valence-corrected chi connectivity index (χ0v) is 13.2. The maximum Gasteiger partial charge on any atom is 0.261 e. The number of hydrogen-bond acceptors (Lipinski definition) is 4. The molecule has 0 aromatic heterocycles. The Hall–Kier alpha value is -2.33. The van der Waals surface area contributed by atoms with Crippen LogP contribution in [0.5, 0.6) is 0 Å². The van der Waals surface area contributed by atoms with Crippen LogP contribution >= 0.6 is 0 Å².